The summed E-state index contributed by atoms with van der Waals surface area (Å²) in [7, 11) is 2.13. The smallest absolute Gasteiger partial charge is 0.185 e. The van der Waals surface area contributed by atoms with Crippen LogP contribution in [0.3, 0.4) is 0 Å². The molecular weight excluding hydrogens is 274 g/mol. The van der Waals surface area contributed by atoms with Crippen molar-refractivity contribution in [3.8, 4) is 22.8 Å². The summed E-state index contributed by atoms with van der Waals surface area (Å²) >= 11 is 1.61. The molecule has 0 aliphatic carbocycles. The van der Waals surface area contributed by atoms with Crippen molar-refractivity contribution in [1.29, 1.82) is 0 Å². The molecule has 1 aromatic carbocycles. The van der Waals surface area contributed by atoms with Gasteiger partial charge >= 0.3 is 0 Å². The van der Waals surface area contributed by atoms with Gasteiger partial charge in [-0.3, -0.25) is 0 Å². The quantitative estimate of drug-likeness (QED) is 0.829. The fraction of sp³-hybridized carbons (Fsp3) is 0.357. The van der Waals surface area contributed by atoms with E-state index >= 15 is 0 Å². The van der Waals surface area contributed by atoms with E-state index in [9.17, 15) is 10.2 Å². The van der Waals surface area contributed by atoms with E-state index in [4.69, 9.17) is 0 Å². The fourth-order valence-corrected chi connectivity index (χ4v) is 3.11. The Morgan fingerprint density at radius 1 is 1.10 bits per heavy atom. The van der Waals surface area contributed by atoms with Crippen molar-refractivity contribution in [2.75, 3.05) is 38.1 Å². The van der Waals surface area contributed by atoms with Gasteiger partial charge in [-0.15, -0.1) is 11.3 Å². The first kappa shape index (κ1) is 13.2. The summed E-state index contributed by atoms with van der Waals surface area (Å²) in [5, 5.41) is 21.9. The zero-order chi connectivity index (χ0) is 14.1. The van der Waals surface area contributed by atoms with Crippen molar-refractivity contribution >= 4 is 16.5 Å². The summed E-state index contributed by atoms with van der Waals surface area (Å²) < 4.78 is 0. The normalized spacial score (nSPS) is 16.6. The number of piperazine rings is 1. The van der Waals surface area contributed by atoms with Gasteiger partial charge in [-0.2, -0.15) is 0 Å². The molecule has 1 fully saturated rings. The van der Waals surface area contributed by atoms with Gasteiger partial charge in [-0.1, -0.05) is 0 Å². The van der Waals surface area contributed by atoms with Gasteiger partial charge in [0, 0.05) is 37.1 Å². The van der Waals surface area contributed by atoms with Gasteiger partial charge in [-0.05, 0) is 25.2 Å². The molecule has 1 saturated heterocycles. The maximum atomic E-state index is 9.56. The van der Waals surface area contributed by atoms with Crippen LogP contribution < -0.4 is 4.90 Å². The average molecular weight is 291 g/mol. The molecule has 2 aromatic rings. The minimum Gasteiger partial charge on any atom is -0.504 e. The highest BCUT2D eigenvalue weighted by atomic mass is 32.1. The Hall–Kier alpha value is -1.79. The third-order valence-corrected chi connectivity index (χ3v) is 4.44. The van der Waals surface area contributed by atoms with Crippen molar-refractivity contribution in [2.45, 2.75) is 0 Å². The van der Waals surface area contributed by atoms with Gasteiger partial charge in [0.15, 0.2) is 16.6 Å². The summed E-state index contributed by atoms with van der Waals surface area (Å²) in [4.78, 5) is 9.23. The zero-order valence-corrected chi connectivity index (χ0v) is 12.1. The molecule has 0 unspecified atom stereocenters. The number of benzene rings is 1. The molecule has 0 bridgehead atoms. The Labute approximate surface area is 121 Å². The molecule has 106 valence electrons. The number of aromatic hydroxyl groups is 2. The molecule has 0 spiro atoms. The lowest BCUT2D eigenvalue weighted by atomic mass is 10.1. The summed E-state index contributed by atoms with van der Waals surface area (Å²) in [5.41, 5.74) is 1.65. The lowest BCUT2D eigenvalue weighted by Crippen LogP contribution is -2.44. The molecule has 0 radical (unpaired) electrons. The molecule has 0 atom stereocenters. The molecule has 1 aromatic heterocycles. The number of aromatic nitrogens is 1. The molecule has 2 heterocycles. The summed E-state index contributed by atoms with van der Waals surface area (Å²) in [6, 6.07) is 4.79. The Kier molecular flexibility index (Phi) is 3.50. The van der Waals surface area contributed by atoms with Crippen molar-refractivity contribution in [2.24, 2.45) is 0 Å². The van der Waals surface area contributed by atoms with Crippen molar-refractivity contribution in [3.63, 3.8) is 0 Å². The molecule has 3 rings (SSSR count). The van der Waals surface area contributed by atoms with Crippen LogP contribution in [0.1, 0.15) is 0 Å². The first-order valence-corrected chi connectivity index (χ1v) is 7.43. The van der Waals surface area contributed by atoms with E-state index in [2.05, 4.69) is 21.8 Å². The largest absolute Gasteiger partial charge is 0.504 e. The van der Waals surface area contributed by atoms with Crippen LogP contribution >= 0.6 is 11.3 Å². The van der Waals surface area contributed by atoms with E-state index in [0.29, 0.717) is 0 Å². The lowest BCUT2D eigenvalue weighted by Gasteiger charge is -2.32. The van der Waals surface area contributed by atoms with Gasteiger partial charge in [0.25, 0.3) is 0 Å². The van der Waals surface area contributed by atoms with Gasteiger partial charge in [0.1, 0.15) is 0 Å². The molecule has 6 heteroatoms. The highest BCUT2D eigenvalue weighted by molar-refractivity contribution is 7.14. The van der Waals surface area contributed by atoms with Crippen LogP contribution in [0.2, 0.25) is 0 Å². The first-order valence-electron chi connectivity index (χ1n) is 6.55. The van der Waals surface area contributed by atoms with E-state index in [1.54, 1.807) is 17.4 Å². The van der Waals surface area contributed by atoms with E-state index in [-0.39, 0.29) is 11.5 Å². The molecule has 1 aliphatic rings. The molecule has 0 amide bonds. The standard InChI is InChI=1S/C14H17N3O2S/c1-16-4-6-17(7-5-16)14-15-11(9-20-14)10-2-3-12(18)13(19)8-10/h2-3,8-9,18-19H,4-7H2,1H3. The Morgan fingerprint density at radius 3 is 2.55 bits per heavy atom. The third-order valence-electron chi connectivity index (χ3n) is 3.54. The predicted octanol–water partition coefficient (Wildman–Crippen LogP) is 1.97. The minimum absolute atomic E-state index is 0.108. The van der Waals surface area contributed by atoms with Crippen LogP contribution in [0.5, 0.6) is 11.5 Å². The van der Waals surface area contributed by atoms with E-state index in [0.717, 1.165) is 42.6 Å². The summed E-state index contributed by atoms with van der Waals surface area (Å²) in [6.07, 6.45) is 0. The number of nitrogens with zero attached hydrogens (tertiary/aromatic N) is 3. The highest BCUT2D eigenvalue weighted by Crippen LogP contribution is 2.33. The topological polar surface area (TPSA) is 59.8 Å². The Bertz CT molecular complexity index is 606. The third kappa shape index (κ3) is 2.57. The van der Waals surface area contributed by atoms with Crippen LogP contribution in [0.15, 0.2) is 23.6 Å². The second-order valence-corrected chi connectivity index (χ2v) is 5.85. The van der Waals surface area contributed by atoms with Crippen LogP contribution in [-0.4, -0.2) is 53.3 Å². The second kappa shape index (κ2) is 5.30. The van der Waals surface area contributed by atoms with Gasteiger partial charge in [-0.25, -0.2) is 4.98 Å². The number of hydrogen-bond acceptors (Lipinski definition) is 6. The van der Waals surface area contributed by atoms with Crippen molar-refractivity contribution in [3.05, 3.63) is 23.6 Å². The average Bonchev–Trinajstić information content (AvgIpc) is 2.92. The van der Waals surface area contributed by atoms with E-state index in [1.807, 2.05) is 5.38 Å². The van der Waals surface area contributed by atoms with Crippen LogP contribution in [0, 0.1) is 0 Å². The van der Waals surface area contributed by atoms with Gasteiger partial charge in [0.2, 0.25) is 0 Å². The van der Waals surface area contributed by atoms with Crippen molar-refractivity contribution in [1.82, 2.24) is 9.88 Å². The highest BCUT2D eigenvalue weighted by Gasteiger charge is 2.17. The van der Waals surface area contributed by atoms with Gasteiger partial charge in [0.05, 0.1) is 5.69 Å². The number of thiazole rings is 1. The number of hydrogen-bond donors (Lipinski definition) is 2. The summed E-state index contributed by atoms with van der Waals surface area (Å²) in [6.45, 7) is 4.08. The lowest BCUT2D eigenvalue weighted by molar-refractivity contribution is 0.313. The second-order valence-electron chi connectivity index (χ2n) is 5.01. The number of anilines is 1. The molecule has 0 saturated carbocycles. The minimum atomic E-state index is -0.114. The zero-order valence-electron chi connectivity index (χ0n) is 11.3. The molecular formula is C14H17N3O2S. The van der Waals surface area contributed by atoms with Crippen LogP contribution in [0.25, 0.3) is 11.3 Å². The molecule has 20 heavy (non-hydrogen) atoms. The van der Waals surface area contributed by atoms with Gasteiger partial charge < -0.3 is 20.0 Å². The fourth-order valence-electron chi connectivity index (χ4n) is 2.22. The number of rotatable bonds is 2. The maximum absolute atomic E-state index is 9.56. The van der Waals surface area contributed by atoms with E-state index < -0.39 is 0 Å². The number of phenolic OH excluding ortho intramolecular Hbond substituents is 2. The molecule has 1 aliphatic heterocycles. The Morgan fingerprint density at radius 2 is 1.85 bits per heavy atom. The van der Waals surface area contributed by atoms with Crippen LogP contribution in [-0.2, 0) is 0 Å². The number of phenols is 2. The predicted molar refractivity (Wildman–Crippen MR) is 80.6 cm³/mol. The van der Waals surface area contributed by atoms with E-state index in [1.165, 1.54) is 12.1 Å². The monoisotopic (exact) mass is 291 g/mol. The SMILES string of the molecule is CN1CCN(c2nc(-c3ccc(O)c(O)c3)cs2)CC1. The first-order chi connectivity index (χ1) is 9.63. The maximum Gasteiger partial charge on any atom is 0.185 e. The number of likely N-dealkylation sites (N-methyl/N-ethyl adjacent to an activating group) is 1. The summed E-state index contributed by atoms with van der Waals surface area (Å²) in [5.74, 6) is -0.222. The molecule has 5 nitrogen and oxygen atoms in total. The van der Waals surface area contributed by atoms with Crippen molar-refractivity contribution < 1.29 is 10.2 Å². The Balaban J connectivity index is 1.81. The van der Waals surface area contributed by atoms with Crippen LogP contribution in [0.4, 0.5) is 5.13 Å². The molecule has 2 N–H and O–H groups in total.